The lowest BCUT2D eigenvalue weighted by Crippen LogP contribution is -2.30. The van der Waals surface area contributed by atoms with Gasteiger partial charge in [0.25, 0.3) is 5.91 Å². The molecule has 0 aliphatic rings. The van der Waals surface area contributed by atoms with Crippen LogP contribution >= 0.6 is 0 Å². The Kier molecular flexibility index (Phi) is 5.03. The number of rotatable bonds is 5. The summed E-state index contributed by atoms with van der Waals surface area (Å²) in [6, 6.07) is 21.8. The van der Waals surface area contributed by atoms with Crippen LogP contribution in [-0.2, 0) is 4.79 Å². The number of amides is 1. The molecule has 0 saturated heterocycles. The second-order valence-electron chi connectivity index (χ2n) is 6.50. The molecule has 1 N–H and O–H groups in total. The highest BCUT2D eigenvalue weighted by atomic mass is 16.5. The first kappa shape index (κ1) is 17.0. The normalized spacial score (nSPS) is 12.2. The molecule has 0 radical (unpaired) electrons. The molecule has 1 amide bonds. The Bertz CT molecular complexity index is 863. The van der Waals surface area contributed by atoms with Crippen molar-refractivity contribution in [2.75, 3.05) is 5.32 Å². The quantitative estimate of drug-likeness (QED) is 0.682. The van der Waals surface area contributed by atoms with Gasteiger partial charge in [-0.05, 0) is 42.0 Å². The maximum absolute atomic E-state index is 12.5. The molecule has 3 aromatic carbocycles. The SMILES string of the molecule is CC(Oc1ccc(C(C)C)cc1)C(=O)Nc1cccc2ccccc12. The molecule has 0 aliphatic heterocycles. The predicted octanol–water partition coefficient (Wildman–Crippen LogP) is 5.37. The molecule has 0 bridgehead atoms. The van der Waals surface area contributed by atoms with E-state index < -0.39 is 6.10 Å². The average molecular weight is 333 g/mol. The standard InChI is InChI=1S/C22H23NO2/c1-15(2)17-11-13-19(14-12-17)25-16(3)22(24)23-21-10-6-8-18-7-4-5-9-20(18)21/h4-16H,1-3H3,(H,23,24). The van der Waals surface area contributed by atoms with E-state index in [9.17, 15) is 4.79 Å². The van der Waals surface area contributed by atoms with Gasteiger partial charge in [0.2, 0.25) is 0 Å². The summed E-state index contributed by atoms with van der Waals surface area (Å²) >= 11 is 0. The topological polar surface area (TPSA) is 38.3 Å². The summed E-state index contributed by atoms with van der Waals surface area (Å²) in [4.78, 5) is 12.5. The molecule has 0 spiro atoms. The molecule has 0 heterocycles. The third kappa shape index (κ3) is 4.00. The molecule has 1 atom stereocenters. The van der Waals surface area contributed by atoms with Crippen LogP contribution in [-0.4, -0.2) is 12.0 Å². The molecule has 3 nitrogen and oxygen atoms in total. The lowest BCUT2D eigenvalue weighted by Gasteiger charge is -2.16. The monoisotopic (exact) mass is 333 g/mol. The van der Waals surface area contributed by atoms with Crippen molar-refractivity contribution in [1.82, 2.24) is 0 Å². The highest BCUT2D eigenvalue weighted by Gasteiger charge is 2.16. The fourth-order valence-corrected chi connectivity index (χ4v) is 2.76. The van der Waals surface area contributed by atoms with Crippen LogP contribution in [0.15, 0.2) is 66.7 Å². The second kappa shape index (κ2) is 7.39. The summed E-state index contributed by atoms with van der Waals surface area (Å²) in [5, 5.41) is 5.09. The van der Waals surface area contributed by atoms with Crippen molar-refractivity contribution in [2.45, 2.75) is 32.8 Å². The number of benzene rings is 3. The molecule has 0 aliphatic carbocycles. The molecule has 0 saturated carbocycles. The van der Waals surface area contributed by atoms with Gasteiger partial charge in [-0.2, -0.15) is 0 Å². The van der Waals surface area contributed by atoms with Crippen LogP contribution in [0.4, 0.5) is 5.69 Å². The maximum Gasteiger partial charge on any atom is 0.265 e. The number of hydrogen-bond donors (Lipinski definition) is 1. The fraction of sp³-hybridized carbons (Fsp3) is 0.227. The van der Waals surface area contributed by atoms with Crippen molar-refractivity contribution < 1.29 is 9.53 Å². The van der Waals surface area contributed by atoms with Crippen LogP contribution in [0, 0.1) is 0 Å². The van der Waals surface area contributed by atoms with Gasteiger partial charge in [-0.15, -0.1) is 0 Å². The third-order valence-corrected chi connectivity index (χ3v) is 4.28. The first-order valence-electron chi connectivity index (χ1n) is 8.60. The van der Waals surface area contributed by atoms with E-state index in [1.807, 2.05) is 66.7 Å². The average Bonchev–Trinajstić information content (AvgIpc) is 2.62. The van der Waals surface area contributed by atoms with Crippen molar-refractivity contribution in [2.24, 2.45) is 0 Å². The molecular formula is C22H23NO2. The zero-order chi connectivity index (χ0) is 17.8. The molecule has 3 rings (SSSR count). The number of nitrogens with one attached hydrogen (secondary N) is 1. The Balaban J connectivity index is 1.70. The summed E-state index contributed by atoms with van der Waals surface area (Å²) in [5.74, 6) is 1.01. The minimum absolute atomic E-state index is 0.163. The number of carbonyl (C=O) groups excluding carboxylic acids is 1. The van der Waals surface area contributed by atoms with Gasteiger partial charge in [-0.1, -0.05) is 62.4 Å². The van der Waals surface area contributed by atoms with Gasteiger partial charge in [0, 0.05) is 11.1 Å². The van der Waals surface area contributed by atoms with Crippen LogP contribution in [0.1, 0.15) is 32.3 Å². The minimum atomic E-state index is -0.580. The van der Waals surface area contributed by atoms with Crippen molar-refractivity contribution in [3.63, 3.8) is 0 Å². The lowest BCUT2D eigenvalue weighted by atomic mass is 10.0. The Labute approximate surface area is 148 Å². The maximum atomic E-state index is 12.5. The number of carbonyl (C=O) groups is 1. The highest BCUT2D eigenvalue weighted by Crippen LogP contribution is 2.24. The fourth-order valence-electron chi connectivity index (χ4n) is 2.76. The van der Waals surface area contributed by atoms with Gasteiger partial charge in [0.1, 0.15) is 5.75 Å². The number of ether oxygens (including phenoxy) is 1. The molecule has 0 fully saturated rings. The van der Waals surface area contributed by atoms with Gasteiger partial charge in [-0.25, -0.2) is 0 Å². The predicted molar refractivity (Wildman–Crippen MR) is 103 cm³/mol. The van der Waals surface area contributed by atoms with Gasteiger partial charge >= 0.3 is 0 Å². The van der Waals surface area contributed by atoms with Crippen LogP contribution in [0.5, 0.6) is 5.75 Å². The summed E-state index contributed by atoms with van der Waals surface area (Å²) in [7, 11) is 0. The molecule has 3 aromatic rings. The third-order valence-electron chi connectivity index (χ3n) is 4.28. The van der Waals surface area contributed by atoms with Crippen molar-refractivity contribution in [3.8, 4) is 5.75 Å². The Hall–Kier alpha value is -2.81. The second-order valence-corrected chi connectivity index (χ2v) is 6.50. The van der Waals surface area contributed by atoms with E-state index in [2.05, 4.69) is 19.2 Å². The molecule has 1 unspecified atom stereocenters. The van der Waals surface area contributed by atoms with Crippen molar-refractivity contribution in [3.05, 3.63) is 72.3 Å². The summed E-state index contributed by atoms with van der Waals surface area (Å²) < 4.78 is 5.78. The number of fused-ring (bicyclic) bond motifs is 1. The van der Waals surface area contributed by atoms with Crippen molar-refractivity contribution in [1.29, 1.82) is 0 Å². The zero-order valence-corrected chi connectivity index (χ0v) is 14.8. The van der Waals surface area contributed by atoms with E-state index in [1.165, 1.54) is 5.56 Å². The van der Waals surface area contributed by atoms with Crippen LogP contribution in [0.3, 0.4) is 0 Å². The van der Waals surface area contributed by atoms with E-state index in [0.29, 0.717) is 11.7 Å². The molecule has 3 heteroatoms. The van der Waals surface area contributed by atoms with Crippen molar-refractivity contribution >= 4 is 22.4 Å². The number of anilines is 1. The smallest absolute Gasteiger partial charge is 0.265 e. The van der Waals surface area contributed by atoms with Crippen LogP contribution in [0.25, 0.3) is 10.8 Å². The van der Waals surface area contributed by atoms with Crippen LogP contribution < -0.4 is 10.1 Å². The van der Waals surface area contributed by atoms with E-state index in [1.54, 1.807) is 6.92 Å². The van der Waals surface area contributed by atoms with Gasteiger partial charge < -0.3 is 10.1 Å². The van der Waals surface area contributed by atoms with Gasteiger partial charge in [-0.3, -0.25) is 4.79 Å². The first-order valence-corrected chi connectivity index (χ1v) is 8.60. The van der Waals surface area contributed by atoms with E-state index in [0.717, 1.165) is 16.5 Å². The summed E-state index contributed by atoms with van der Waals surface area (Å²) in [6.45, 7) is 6.06. The Morgan fingerprint density at radius 3 is 2.28 bits per heavy atom. The minimum Gasteiger partial charge on any atom is -0.481 e. The Morgan fingerprint density at radius 1 is 0.880 bits per heavy atom. The van der Waals surface area contributed by atoms with Gasteiger partial charge in [0.05, 0.1) is 0 Å². The lowest BCUT2D eigenvalue weighted by molar-refractivity contribution is -0.122. The summed E-state index contributed by atoms with van der Waals surface area (Å²) in [6.07, 6.45) is -0.580. The largest absolute Gasteiger partial charge is 0.481 e. The number of hydrogen-bond acceptors (Lipinski definition) is 2. The van der Waals surface area contributed by atoms with Gasteiger partial charge in [0.15, 0.2) is 6.10 Å². The highest BCUT2D eigenvalue weighted by molar-refractivity contribution is 6.03. The zero-order valence-electron chi connectivity index (χ0n) is 14.8. The Morgan fingerprint density at radius 2 is 1.56 bits per heavy atom. The molecule has 0 aromatic heterocycles. The van der Waals surface area contributed by atoms with E-state index in [-0.39, 0.29) is 5.91 Å². The van der Waals surface area contributed by atoms with Crippen LogP contribution in [0.2, 0.25) is 0 Å². The first-order chi connectivity index (χ1) is 12.0. The molecule has 128 valence electrons. The van der Waals surface area contributed by atoms with E-state index in [4.69, 9.17) is 4.74 Å². The molecule has 25 heavy (non-hydrogen) atoms. The van der Waals surface area contributed by atoms with E-state index >= 15 is 0 Å². The summed E-state index contributed by atoms with van der Waals surface area (Å²) in [5.41, 5.74) is 2.05. The molecular weight excluding hydrogens is 310 g/mol.